The lowest BCUT2D eigenvalue weighted by atomic mass is 10.2. The Labute approximate surface area is 92.6 Å². The van der Waals surface area contributed by atoms with Gasteiger partial charge in [-0.2, -0.15) is 0 Å². The maximum absolute atomic E-state index is 5.91. The van der Waals surface area contributed by atoms with Crippen molar-refractivity contribution in [1.82, 2.24) is 4.98 Å². The molecule has 0 saturated heterocycles. The Bertz CT molecular complexity index is 499. The van der Waals surface area contributed by atoms with E-state index >= 15 is 0 Å². The van der Waals surface area contributed by atoms with Gasteiger partial charge in [-0.05, 0) is 18.2 Å². The molecule has 3 nitrogen and oxygen atoms in total. The highest BCUT2D eigenvalue weighted by molar-refractivity contribution is 6.31. The van der Waals surface area contributed by atoms with Crippen molar-refractivity contribution in [2.75, 3.05) is 14.2 Å². The predicted octanol–water partition coefficient (Wildman–Crippen LogP) is 2.91. The number of halogens is 1. The van der Waals surface area contributed by atoms with Crippen molar-refractivity contribution < 1.29 is 9.47 Å². The van der Waals surface area contributed by atoms with E-state index < -0.39 is 0 Å². The fraction of sp³-hybridized carbons (Fsp3) is 0.182. The number of hydrogen-bond donors (Lipinski definition) is 0. The minimum atomic E-state index is 0.529. The fourth-order valence-electron chi connectivity index (χ4n) is 1.42. The number of hydrogen-bond acceptors (Lipinski definition) is 3. The summed E-state index contributed by atoms with van der Waals surface area (Å²) in [4.78, 5) is 4.28. The molecule has 0 amide bonds. The zero-order valence-corrected chi connectivity index (χ0v) is 9.21. The minimum absolute atomic E-state index is 0.529. The average Bonchev–Trinajstić information content (AvgIpc) is 2.27. The molecule has 1 heterocycles. The highest BCUT2D eigenvalue weighted by Gasteiger charge is 2.06. The van der Waals surface area contributed by atoms with Gasteiger partial charge in [-0.1, -0.05) is 11.6 Å². The Kier molecular flexibility index (Phi) is 2.64. The van der Waals surface area contributed by atoms with Gasteiger partial charge in [-0.25, -0.2) is 4.98 Å². The Morgan fingerprint density at radius 3 is 2.60 bits per heavy atom. The van der Waals surface area contributed by atoms with E-state index in [0.29, 0.717) is 16.7 Å². The largest absolute Gasteiger partial charge is 0.496 e. The summed E-state index contributed by atoms with van der Waals surface area (Å²) in [6.45, 7) is 0. The second-order valence-electron chi connectivity index (χ2n) is 3.03. The van der Waals surface area contributed by atoms with Crippen LogP contribution in [0.1, 0.15) is 0 Å². The molecule has 78 valence electrons. The first-order chi connectivity index (χ1) is 7.24. The van der Waals surface area contributed by atoms with Crippen molar-refractivity contribution in [2.24, 2.45) is 0 Å². The molecule has 0 aliphatic heterocycles. The standard InChI is InChI=1S/C11H10ClNO2/c1-14-10-6-11(15-2)13-9-4-3-7(12)5-8(9)10/h3-6H,1-2H3. The van der Waals surface area contributed by atoms with Gasteiger partial charge in [-0.3, -0.25) is 0 Å². The van der Waals surface area contributed by atoms with E-state index in [0.717, 1.165) is 10.9 Å². The maximum atomic E-state index is 5.91. The van der Waals surface area contributed by atoms with Gasteiger partial charge >= 0.3 is 0 Å². The second kappa shape index (κ2) is 3.95. The molecule has 0 aliphatic carbocycles. The summed E-state index contributed by atoms with van der Waals surface area (Å²) in [7, 11) is 3.18. The molecule has 0 aliphatic rings. The molecule has 0 spiro atoms. The van der Waals surface area contributed by atoms with Crippen LogP contribution in [0.3, 0.4) is 0 Å². The molecule has 0 atom stereocenters. The van der Waals surface area contributed by atoms with Crippen LogP contribution in [0.5, 0.6) is 11.6 Å². The lowest BCUT2D eigenvalue weighted by Crippen LogP contribution is -1.92. The molecule has 1 aromatic carbocycles. The third-order valence-electron chi connectivity index (χ3n) is 2.14. The normalized spacial score (nSPS) is 10.3. The van der Waals surface area contributed by atoms with Crippen LogP contribution in [0.4, 0.5) is 0 Å². The van der Waals surface area contributed by atoms with Gasteiger partial charge in [-0.15, -0.1) is 0 Å². The van der Waals surface area contributed by atoms with Crippen molar-refractivity contribution in [3.05, 3.63) is 29.3 Å². The van der Waals surface area contributed by atoms with E-state index in [1.54, 1.807) is 26.4 Å². The number of pyridine rings is 1. The third kappa shape index (κ3) is 1.83. The van der Waals surface area contributed by atoms with E-state index in [1.165, 1.54) is 0 Å². The molecule has 0 unspecified atom stereocenters. The van der Waals surface area contributed by atoms with Gasteiger partial charge in [0.2, 0.25) is 5.88 Å². The number of methoxy groups -OCH3 is 2. The summed E-state index contributed by atoms with van der Waals surface area (Å²) in [5.74, 6) is 1.24. The highest BCUT2D eigenvalue weighted by Crippen LogP contribution is 2.30. The molecule has 0 saturated carbocycles. The van der Waals surface area contributed by atoms with E-state index in [4.69, 9.17) is 21.1 Å². The molecular formula is C11H10ClNO2. The zero-order valence-electron chi connectivity index (χ0n) is 8.45. The predicted molar refractivity (Wildman–Crippen MR) is 59.9 cm³/mol. The van der Waals surface area contributed by atoms with Crippen molar-refractivity contribution in [1.29, 1.82) is 0 Å². The van der Waals surface area contributed by atoms with Crippen molar-refractivity contribution >= 4 is 22.5 Å². The smallest absolute Gasteiger partial charge is 0.217 e. The Morgan fingerprint density at radius 1 is 1.13 bits per heavy atom. The fourth-order valence-corrected chi connectivity index (χ4v) is 1.59. The number of aromatic nitrogens is 1. The summed E-state index contributed by atoms with van der Waals surface area (Å²) in [6, 6.07) is 7.18. The van der Waals surface area contributed by atoms with Crippen LogP contribution in [-0.2, 0) is 0 Å². The molecule has 0 bridgehead atoms. The summed E-state index contributed by atoms with van der Waals surface area (Å²) in [5.41, 5.74) is 0.801. The van der Waals surface area contributed by atoms with E-state index in [9.17, 15) is 0 Å². The number of ether oxygens (including phenoxy) is 2. The first kappa shape index (κ1) is 10.1. The molecule has 0 N–H and O–H groups in total. The quantitative estimate of drug-likeness (QED) is 0.785. The van der Waals surface area contributed by atoms with E-state index in [2.05, 4.69) is 4.98 Å². The molecule has 15 heavy (non-hydrogen) atoms. The lowest BCUT2D eigenvalue weighted by Gasteiger charge is -2.07. The number of fused-ring (bicyclic) bond motifs is 1. The number of nitrogens with zero attached hydrogens (tertiary/aromatic N) is 1. The maximum Gasteiger partial charge on any atom is 0.217 e. The molecule has 2 aromatic rings. The van der Waals surface area contributed by atoms with Gasteiger partial charge in [0.1, 0.15) is 5.75 Å². The molecule has 0 radical (unpaired) electrons. The first-order valence-electron chi connectivity index (χ1n) is 4.43. The third-order valence-corrected chi connectivity index (χ3v) is 2.37. The van der Waals surface area contributed by atoms with Crippen LogP contribution in [0.2, 0.25) is 5.02 Å². The molecule has 1 aromatic heterocycles. The van der Waals surface area contributed by atoms with Gasteiger partial charge in [0, 0.05) is 16.5 Å². The number of rotatable bonds is 2. The summed E-state index contributed by atoms with van der Waals surface area (Å²) < 4.78 is 10.3. The molecule has 0 fully saturated rings. The van der Waals surface area contributed by atoms with Crippen LogP contribution in [0.15, 0.2) is 24.3 Å². The SMILES string of the molecule is COc1cc(OC)c2cc(Cl)ccc2n1. The Morgan fingerprint density at radius 2 is 1.93 bits per heavy atom. The average molecular weight is 224 g/mol. The first-order valence-corrected chi connectivity index (χ1v) is 4.80. The monoisotopic (exact) mass is 223 g/mol. The summed E-state index contributed by atoms with van der Waals surface area (Å²) in [5, 5.41) is 1.54. The van der Waals surface area contributed by atoms with Crippen LogP contribution in [-0.4, -0.2) is 19.2 Å². The van der Waals surface area contributed by atoms with Crippen LogP contribution in [0, 0.1) is 0 Å². The minimum Gasteiger partial charge on any atom is -0.496 e. The zero-order chi connectivity index (χ0) is 10.8. The molecule has 4 heteroatoms. The Hall–Kier alpha value is -1.48. The summed E-state index contributed by atoms with van der Waals surface area (Å²) >= 11 is 5.91. The van der Waals surface area contributed by atoms with Crippen molar-refractivity contribution in [3.8, 4) is 11.6 Å². The van der Waals surface area contributed by atoms with E-state index in [1.807, 2.05) is 12.1 Å². The Balaban J connectivity index is 2.75. The van der Waals surface area contributed by atoms with Gasteiger partial charge in [0.05, 0.1) is 19.7 Å². The van der Waals surface area contributed by atoms with Crippen molar-refractivity contribution in [3.63, 3.8) is 0 Å². The molecular weight excluding hydrogens is 214 g/mol. The van der Waals surface area contributed by atoms with Crippen molar-refractivity contribution in [2.45, 2.75) is 0 Å². The second-order valence-corrected chi connectivity index (χ2v) is 3.46. The topological polar surface area (TPSA) is 31.4 Å². The van der Waals surface area contributed by atoms with Crippen LogP contribution >= 0.6 is 11.6 Å². The molecule has 2 rings (SSSR count). The van der Waals surface area contributed by atoms with Gasteiger partial charge < -0.3 is 9.47 Å². The number of benzene rings is 1. The summed E-state index contributed by atoms with van der Waals surface area (Å²) in [6.07, 6.45) is 0. The van der Waals surface area contributed by atoms with Gasteiger partial charge in [0.25, 0.3) is 0 Å². The van der Waals surface area contributed by atoms with Gasteiger partial charge in [0.15, 0.2) is 0 Å². The van der Waals surface area contributed by atoms with Crippen LogP contribution in [0.25, 0.3) is 10.9 Å². The van der Waals surface area contributed by atoms with Crippen LogP contribution < -0.4 is 9.47 Å². The highest BCUT2D eigenvalue weighted by atomic mass is 35.5. The van der Waals surface area contributed by atoms with E-state index in [-0.39, 0.29) is 0 Å². The lowest BCUT2D eigenvalue weighted by molar-refractivity contribution is 0.386.